The number of phenolic OH excluding ortho intramolecular Hbond substituents is 1. The minimum atomic E-state index is -1.34. The molecule has 0 aliphatic carbocycles. The van der Waals surface area contributed by atoms with Crippen molar-refractivity contribution in [1.82, 2.24) is 0 Å². The van der Waals surface area contributed by atoms with Gasteiger partial charge in [-0.25, -0.2) is 4.79 Å². The molecule has 1 aliphatic heterocycles. The number of para-hydroxylation sites is 2. The van der Waals surface area contributed by atoms with Crippen LogP contribution in [0.25, 0.3) is 0 Å². The van der Waals surface area contributed by atoms with E-state index in [4.69, 9.17) is 9.47 Å². The van der Waals surface area contributed by atoms with E-state index in [9.17, 15) is 15.0 Å². The van der Waals surface area contributed by atoms with Crippen molar-refractivity contribution in [1.29, 1.82) is 0 Å². The SMILES string of the molecule is CC1C(OC(=O)O)Nc2c(Oc3ccccc3)cccc2C1c1ccc(O)cc1. The van der Waals surface area contributed by atoms with Gasteiger partial charge in [-0.1, -0.05) is 49.4 Å². The van der Waals surface area contributed by atoms with Crippen LogP contribution in [-0.4, -0.2) is 22.6 Å². The monoisotopic (exact) mass is 391 g/mol. The lowest BCUT2D eigenvalue weighted by molar-refractivity contribution is 0.0354. The average Bonchev–Trinajstić information content (AvgIpc) is 2.71. The third kappa shape index (κ3) is 3.82. The topological polar surface area (TPSA) is 88.0 Å². The van der Waals surface area contributed by atoms with Crippen molar-refractivity contribution in [3.63, 3.8) is 0 Å². The highest BCUT2D eigenvalue weighted by Crippen LogP contribution is 2.47. The third-order valence-corrected chi connectivity index (χ3v) is 5.13. The highest BCUT2D eigenvalue weighted by Gasteiger charge is 2.38. The molecule has 1 heterocycles. The summed E-state index contributed by atoms with van der Waals surface area (Å²) in [6.45, 7) is 1.94. The molecule has 3 N–H and O–H groups in total. The Morgan fingerprint density at radius 2 is 1.69 bits per heavy atom. The lowest BCUT2D eigenvalue weighted by Crippen LogP contribution is -2.40. The maximum atomic E-state index is 11.3. The number of benzene rings is 3. The largest absolute Gasteiger partial charge is 0.508 e. The van der Waals surface area contributed by atoms with Crippen LogP contribution in [0.4, 0.5) is 10.5 Å². The lowest BCUT2D eigenvalue weighted by Gasteiger charge is -2.38. The molecule has 0 spiro atoms. The zero-order valence-electron chi connectivity index (χ0n) is 15.8. The second-order valence-electron chi connectivity index (χ2n) is 7.01. The molecule has 0 bridgehead atoms. The molecule has 6 nitrogen and oxygen atoms in total. The van der Waals surface area contributed by atoms with Gasteiger partial charge >= 0.3 is 6.16 Å². The second kappa shape index (κ2) is 7.75. The van der Waals surface area contributed by atoms with Crippen molar-refractivity contribution >= 4 is 11.8 Å². The number of fused-ring (bicyclic) bond motifs is 1. The summed E-state index contributed by atoms with van der Waals surface area (Å²) in [5.41, 5.74) is 2.62. The normalized spacial score (nSPS) is 20.2. The van der Waals surface area contributed by atoms with Gasteiger partial charge in [0.1, 0.15) is 11.5 Å². The molecule has 0 fully saturated rings. The fraction of sp³-hybridized carbons (Fsp3) is 0.174. The van der Waals surface area contributed by atoms with Gasteiger partial charge in [-0.05, 0) is 41.5 Å². The first-order valence-electron chi connectivity index (χ1n) is 9.34. The van der Waals surface area contributed by atoms with E-state index in [0.717, 1.165) is 11.1 Å². The van der Waals surface area contributed by atoms with Gasteiger partial charge in [0.05, 0.1) is 5.69 Å². The molecular weight excluding hydrogens is 370 g/mol. The number of nitrogens with one attached hydrogen (secondary N) is 1. The van der Waals surface area contributed by atoms with Gasteiger partial charge in [-0.3, -0.25) is 0 Å². The summed E-state index contributed by atoms with van der Waals surface area (Å²) in [5.74, 6) is 1.11. The first kappa shape index (κ1) is 18.7. The number of aromatic hydroxyl groups is 1. The highest BCUT2D eigenvalue weighted by molar-refractivity contribution is 5.68. The van der Waals surface area contributed by atoms with Crippen LogP contribution in [0, 0.1) is 5.92 Å². The fourth-order valence-corrected chi connectivity index (χ4v) is 3.80. The number of phenols is 1. The zero-order chi connectivity index (χ0) is 20.4. The number of ether oxygens (including phenoxy) is 2. The van der Waals surface area contributed by atoms with Crippen LogP contribution in [0.5, 0.6) is 17.2 Å². The van der Waals surface area contributed by atoms with Crippen LogP contribution in [0.1, 0.15) is 24.0 Å². The van der Waals surface area contributed by atoms with Gasteiger partial charge < -0.3 is 25.0 Å². The average molecular weight is 391 g/mol. The van der Waals surface area contributed by atoms with Crippen molar-refractivity contribution in [3.8, 4) is 17.2 Å². The van der Waals surface area contributed by atoms with Gasteiger partial charge in [0, 0.05) is 11.8 Å². The maximum Gasteiger partial charge on any atom is 0.507 e. The van der Waals surface area contributed by atoms with Gasteiger partial charge in [0.2, 0.25) is 0 Å². The van der Waals surface area contributed by atoms with Crippen molar-refractivity contribution in [2.45, 2.75) is 19.1 Å². The van der Waals surface area contributed by atoms with Crippen molar-refractivity contribution in [2.75, 3.05) is 5.32 Å². The summed E-state index contributed by atoms with van der Waals surface area (Å²) < 4.78 is 11.2. The molecule has 3 aromatic carbocycles. The van der Waals surface area contributed by atoms with Gasteiger partial charge in [0.25, 0.3) is 0 Å². The standard InChI is InChI=1S/C23H21NO5/c1-14-20(15-10-12-16(25)13-11-15)18-8-5-9-19(28-17-6-3-2-4-7-17)21(18)24-22(14)29-23(26)27/h2-14,20,22,24-25H,1H3,(H,26,27). The first-order chi connectivity index (χ1) is 14.0. The molecule has 148 valence electrons. The second-order valence-corrected chi connectivity index (χ2v) is 7.01. The Balaban J connectivity index is 1.80. The molecule has 0 aromatic heterocycles. The Morgan fingerprint density at radius 3 is 2.38 bits per heavy atom. The summed E-state index contributed by atoms with van der Waals surface area (Å²) in [5, 5.41) is 22.1. The summed E-state index contributed by atoms with van der Waals surface area (Å²) in [7, 11) is 0. The maximum absolute atomic E-state index is 11.3. The summed E-state index contributed by atoms with van der Waals surface area (Å²) >= 11 is 0. The summed E-state index contributed by atoms with van der Waals surface area (Å²) in [6.07, 6.45) is -2.09. The number of hydrogen-bond acceptors (Lipinski definition) is 5. The molecule has 3 aromatic rings. The van der Waals surface area contributed by atoms with E-state index >= 15 is 0 Å². The van der Waals surface area contributed by atoms with E-state index in [-0.39, 0.29) is 17.6 Å². The molecule has 0 saturated heterocycles. The van der Waals surface area contributed by atoms with E-state index in [1.54, 1.807) is 12.1 Å². The molecule has 29 heavy (non-hydrogen) atoms. The molecule has 6 heteroatoms. The molecule has 3 unspecified atom stereocenters. The Bertz CT molecular complexity index is 1000. The predicted octanol–water partition coefficient (Wildman–Crippen LogP) is 5.40. The first-order valence-corrected chi connectivity index (χ1v) is 9.34. The van der Waals surface area contributed by atoms with Crippen LogP contribution in [0.2, 0.25) is 0 Å². The van der Waals surface area contributed by atoms with E-state index in [1.165, 1.54) is 0 Å². The van der Waals surface area contributed by atoms with Gasteiger partial charge in [-0.2, -0.15) is 0 Å². The predicted molar refractivity (Wildman–Crippen MR) is 109 cm³/mol. The zero-order valence-corrected chi connectivity index (χ0v) is 15.8. The third-order valence-electron chi connectivity index (χ3n) is 5.13. The number of carboxylic acid groups (broad SMARTS) is 1. The Kier molecular flexibility index (Phi) is 4.99. The number of carbonyl (C=O) groups is 1. The van der Waals surface area contributed by atoms with E-state index < -0.39 is 12.4 Å². The number of hydrogen-bond donors (Lipinski definition) is 3. The Morgan fingerprint density at radius 1 is 0.966 bits per heavy atom. The van der Waals surface area contributed by atoms with Crippen molar-refractivity contribution < 1.29 is 24.5 Å². The highest BCUT2D eigenvalue weighted by atomic mass is 16.7. The lowest BCUT2D eigenvalue weighted by atomic mass is 9.77. The van der Waals surface area contributed by atoms with Crippen LogP contribution in [0.15, 0.2) is 72.8 Å². The minimum Gasteiger partial charge on any atom is -0.508 e. The Hall–Kier alpha value is -3.67. The number of rotatable bonds is 4. The minimum absolute atomic E-state index is 0.143. The van der Waals surface area contributed by atoms with E-state index in [2.05, 4.69) is 5.32 Å². The summed E-state index contributed by atoms with van der Waals surface area (Å²) in [4.78, 5) is 11.3. The van der Waals surface area contributed by atoms with Gasteiger partial charge in [-0.15, -0.1) is 0 Å². The van der Waals surface area contributed by atoms with Crippen LogP contribution < -0.4 is 10.1 Å². The number of anilines is 1. The summed E-state index contributed by atoms with van der Waals surface area (Å²) in [6, 6.07) is 22.1. The Labute approximate surface area is 168 Å². The fourth-order valence-electron chi connectivity index (χ4n) is 3.80. The molecule has 0 saturated carbocycles. The molecule has 3 atom stereocenters. The molecular formula is C23H21NO5. The molecule has 1 aliphatic rings. The van der Waals surface area contributed by atoms with Gasteiger partial charge in [0.15, 0.2) is 12.0 Å². The molecule has 0 radical (unpaired) electrons. The molecule has 4 rings (SSSR count). The smallest absolute Gasteiger partial charge is 0.507 e. The van der Waals surface area contributed by atoms with E-state index in [1.807, 2.05) is 67.6 Å². The van der Waals surface area contributed by atoms with E-state index in [0.29, 0.717) is 17.2 Å². The van der Waals surface area contributed by atoms with Crippen LogP contribution in [-0.2, 0) is 4.74 Å². The molecule has 0 amide bonds. The van der Waals surface area contributed by atoms with Crippen molar-refractivity contribution in [3.05, 3.63) is 83.9 Å². The van der Waals surface area contributed by atoms with Crippen LogP contribution in [0.3, 0.4) is 0 Å². The van der Waals surface area contributed by atoms with Crippen LogP contribution >= 0.6 is 0 Å². The quantitative estimate of drug-likeness (QED) is 0.516. The van der Waals surface area contributed by atoms with Crippen molar-refractivity contribution in [2.24, 2.45) is 5.92 Å².